The highest BCUT2D eigenvalue weighted by Crippen LogP contribution is 2.30. The summed E-state index contributed by atoms with van der Waals surface area (Å²) in [5.41, 5.74) is 1.94. The van der Waals surface area contributed by atoms with Crippen LogP contribution in [0, 0.1) is 0 Å². The fourth-order valence-electron chi connectivity index (χ4n) is 5.62. The molecule has 10 heteroatoms. The molecular formula is C30H30ClN5O4. The second kappa shape index (κ2) is 10.6. The van der Waals surface area contributed by atoms with Crippen LogP contribution in [0.5, 0.6) is 0 Å². The van der Waals surface area contributed by atoms with E-state index < -0.39 is 5.60 Å². The quantitative estimate of drug-likeness (QED) is 0.402. The molecule has 0 bridgehead atoms. The van der Waals surface area contributed by atoms with Crippen molar-refractivity contribution in [3.63, 3.8) is 0 Å². The lowest BCUT2D eigenvalue weighted by Gasteiger charge is -2.38. The Morgan fingerprint density at radius 3 is 2.27 bits per heavy atom. The number of hydrogen-bond acceptors (Lipinski definition) is 5. The second-order valence-corrected chi connectivity index (χ2v) is 11.1. The van der Waals surface area contributed by atoms with Gasteiger partial charge in [-0.1, -0.05) is 29.8 Å². The predicted molar refractivity (Wildman–Crippen MR) is 152 cm³/mol. The molecule has 0 aliphatic carbocycles. The van der Waals surface area contributed by atoms with Gasteiger partial charge in [-0.25, -0.2) is 4.52 Å². The summed E-state index contributed by atoms with van der Waals surface area (Å²) in [6.45, 7) is 2.42. The Morgan fingerprint density at radius 2 is 1.57 bits per heavy atom. The number of carbonyl (C=O) groups is 2. The van der Waals surface area contributed by atoms with Gasteiger partial charge in [-0.05, 0) is 73.2 Å². The third-order valence-electron chi connectivity index (χ3n) is 8.03. The Morgan fingerprint density at radius 1 is 0.900 bits per heavy atom. The molecule has 4 heterocycles. The molecule has 206 valence electrons. The van der Waals surface area contributed by atoms with Gasteiger partial charge in [0.25, 0.3) is 17.4 Å². The molecule has 2 saturated heterocycles. The van der Waals surface area contributed by atoms with E-state index in [-0.39, 0.29) is 23.9 Å². The number of aromatic nitrogens is 3. The van der Waals surface area contributed by atoms with Crippen molar-refractivity contribution in [2.24, 2.45) is 0 Å². The normalized spacial score (nSPS) is 16.9. The van der Waals surface area contributed by atoms with Gasteiger partial charge in [0.2, 0.25) is 0 Å². The van der Waals surface area contributed by atoms with Crippen molar-refractivity contribution in [2.45, 2.75) is 37.8 Å². The number of likely N-dealkylation sites (tertiary alicyclic amines) is 2. The molecule has 0 radical (unpaired) electrons. The maximum atomic E-state index is 13.3. The first kappa shape index (κ1) is 26.3. The van der Waals surface area contributed by atoms with E-state index in [4.69, 9.17) is 11.6 Å². The molecule has 1 N–H and O–H groups in total. The summed E-state index contributed by atoms with van der Waals surface area (Å²) in [4.78, 5) is 42.2. The van der Waals surface area contributed by atoms with Crippen molar-refractivity contribution < 1.29 is 14.7 Å². The maximum Gasteiger partial charge on any atom is 0.277 e. The van der Waals surface area contributed by atoms with E-state index in [0.717, 1.165) is 37.1 Å². The molecule has 0 spiro atoms. The summed E-state index contributed by atoms with van der Waals surface area (Å²) >= 11 is 6.58. The molecule has 40 heavy (non-hydrogen) atoms. The van der Waals surface area contributed by atoms with Gasteiger partial charge in [-0.15, -0.1) is 0 Å². The van der Waals surface area contributed by atoms with Crippen LogP contribution in [0.3, 0.4) is 0 Å². The fraction of sp³-hybridized carbons (Fsp3) is 0.333. The molecule has 4 aromatic rings. The Bertz CT molecular complexity index is 1630. The Hall–Kier alpha value is -3.95. The molecule has 0 unspecified atom stereocenters. The number of piperidine rings is 1. The number of fused-ring (bicyclic) bond motifs is 1. The molecule has 2 aromatic heterocycles. The zero-order valence-corrected chi connectivity index (χ0v) is 22.8. The van der Waals surface area contributed by atoms with Crippen LogP contribution < -0.4 is 5.56 Å². The second-order valence-electron chi connectivity index (χ2n) is 10.7. The van der Waals surface area contributed by atoms with E-state index in [0.29, 0.717) is 47.6 Å². The molecule has 6 rings (SSSR count). The lowest BCUT2D eigenvalue weighted by Crippen LogP contribution is -2.49. The summed E-state index contributed by atoms with van der Waals surface area (Å²) in [5.74, 6) is -0.138. The summed E-state index contributed by atoms with van der Waals surface area (Å²) in [6.07, 6.45) is 5.90. The van der Waals surface area contributed by atoms with E-state index >= 15 is 0 Å². The molecular weight excluding hydrogens is 530 g/mol. The fourth-order valence-corrected chi connectivity index (χ4v) is 5.88. The van der Waals surface area contributed by atoms with E-state index in [1.165, 1.54) is 15.4 Å². The number of nitrogens with zero attached hydrogens (tertiary/aromatic N) is 5. The minimum Gasteiger partial charge on any atom is -0.388 e. The number of amides is 2. The number of halogens is 1. The van der Waals surface area contributed by atoms with E-state index in [1.807, 2.05) is 35.2 Å². The minimum absolute atomic E-state index is 0.0577. The third kappa shape index (κ3) is 5.02. The average Bonchev–Trinajstić information content (AvgIpc) is 3.68. The number of carbonyl (C=O) groups excluding carboxylic acids is 2. The van der Waals surface area contributed by atoms with Crippen molar-refractivity contribution in [1.82, 2.24) is 24.0 Å². The van der Waals surface area contributed by atoms with Crippen LogP contribution in [0.25, 0.3) is 16.6 Å². The van der Waals surface area contributed by atoms with Crippen LogP contribution in [0.2, 0.25) is 5.02 Å². The van der Waals surface area contributed by atoms with Crippen LogP contribution in [-0.2, 0) is 6.54 Å². The van der Waals surface area contributed by atoms with Crippen LogP contribution in [-0.4, -0.2) is 72.7 Å². The van der Waals surface area contributed by atoms with Crippen LogP contribution in [0.4, 0.5) is 0 Å². The van der Waals surface area contributed by atoms with Crippen molar-refractivity contribution in [1.29, 1.82) is 0 Å². The van der Waals surface area contributed by atoms with Crippen LogP contribution in [0.1, 0.15) is 46.4 Å². The first-order valence-electron chi connectivity index (χ1n) is 13.6. The van der Waals surface area contributed by atoms with Gasteiger partial charge in [0.05, 0.1) is 22.7 Å². The van der Waals surface area contributed by atoms with Gasteiger partial charge in [-0.3, -0.25) is 19.0 Å². The zero-order chi connectivity index (χ0) is 27.9. The highest BCUT2D eigenvalue weighted by Gasteiger charge is 2.35. The van der Waals surface area contributed by atoms with E-state index in [9.17, 15) is 19.5 Å². The summed E-state index contributed by atoms with van der Waals surface area (Å²) in [6, 6.07) is 16.3. The molecule has 9 nitrogen and oxygen atoms in total. The first-order chi connectivity index (χ1) is 19.3. The maximum absolute atomic E-state index is 13.3. The molecule has 2 aliphatic heterocycles. The molecule has 2 fully saturated rings. The molecule has 2 amide bonds. The van der Waals surface area contributed by atoms with E-state index in [2.05, 4.69) is 5.10 Å². The van der Waals surface area contributed by atoms with Gasteiger partial charge in [0.15, 0.2) is 0 Å². The number of rotatable bonds is 5. The number of benzene rings is 2. The van der Waals surface area contributed by atoms with Crippen molar-refractivity contribution in [2.75, 3.05) is 26.2 Å². The third-order valence-corrected chi connectivity index (χ3v) is 8.34. The Labute approximate surface area is 236 Å². The van der Waals surface area contributed by atoms with Crippen molar-refractivity contribution >= 4 is 28.9 Å². The predicted octanol–water partition coefficient (Wildman–Crippen LogP) is 3.72. The van der Waals surface area contributed by atoms with Crippen LogP contribution in [0.15, 0.2) is 71.9 Å². The Kier molecular flexibility index (Phi) is 6.93. The lowest BCUT2D eigenvalue weighted by atomic mass is 9.90. The molecule has 0 saturated carbocycles. The zero-order valence-electron chi connectivity index (χ0n) is 22.0. The monoisotopic (exact) mass is 559 g/mol. The topological polar surface area (TPSA) is 100 Å². The summed E-state index contributed by atoms with van der Waals surface area (Å²) in [7, 11) is 0. The van der Waals surface area contributed by atoms with Gasteiger partial charge in [-0.2, -0.15) is 5.10 Å². The van der Waals surface area contributed by atoms with Crippen molar-refractivity contribution in [3.05, 3.63) is 93.6 Å². The highest BCUT2D eigenvalue weighted by atomic mass is 35.5. The summed E-state index contributed by atoms with van der Waals surface area (Å²) in [5, 5.41) is 15.8. The van der Waals surface area contributed by atoms with Gasteiger partial charge >= 0.3 is 0 Å². The highest BCUT2D eigenvalue weighted by molar-refractivity contribution is 6.34. The van der Waals surface area contributed by atoms with Gasteiger partial charge in [0, 0.05) is 37.9 Å². The molecule has 2 aromatic carbocycles. The largest absolute Gasteiger partial charge is 0.388 e. The lowest BCUT2D eigenvalue weighted by molar-refractivity contribution is -0.0300. The van der Waals surface area contributed by atoms with Crippen LogP contribution >= 0.6 is 11.6 Å². The SMILES string of the molecule is O=C(c1ccc(-c2ccc(C(=O)N3CCC(O)(Cn4cnn5cccc5c4=O)CC3)c(Cl)c2)cc1)N1CCCC1. The van der Waals surface area contributed by atoms with Crippen molar-refractivity contribution in [3.8, 4) is 11.1 Å². The Balaban J connectivity index is 1.10. The van der Waals surface area contributed by atoms with Gasteiger partial charge in [0.1, 0.15) is 11.8 Å². The molecule has 0 atom stereocenters. The number of hydrogen-bond donors (Lipinski definition) is 1. The van der Waals surface area contributed by atoms with E-state index in [1.54, 1.807) is 35.4 Å². The van der Waals surface area contributed by atoms with Gasteiger partial charge < -0.3 is 14.9 Å². The first-order valence-corrected chi connectivity index (χ1v) is 13.9. The molecule has 2 aliphatic rings. The summed E-state index contributed by atoms with van der Waals surface area (Å²) < 4.78 is 2.93. The average molecular weight is 560 g/mol. The standard InChI is InChI=1S/C30H30ClN5O4/c31-25-18-23(21-5-7-22(8-6-21)27(37)33-13-1-2-14-33)9-10-24(25)28(38)34-16-11-30(40,12-17-34)19-35-20-32-36-15-3-4-26(36)29(35)39/h3-10,15,18,20,40H,1-2,11-14,16-17,19H2. The smallest absolute Gasteiger partial charge is 0.277 e. The minimum atomic E-state index is -1.12. The number of aliphatic hydroxyl groups is 1.